The number of hydrogen-bond donors (Lipinski definition) is 1. The first-order valence-corrected chi connectivity index (χ1v) is 11.4. The number of amides is 1. The molecule has 0 atom stereocenters. The summed E-state index contributed by atoms with van der Waals surface area (Å²) < 4.78 is 10.4. The summed E-state index contributed by atoms with van der Waals surface area (Å²) in [5.74, 6) is 1.01. The molecule has 1 amide bonds. The van der Waals surface area contributed by atoms with E-state index >= 15 is 0 Å². The highest BCUT2D eigenvalue weighted by molar-refractivity contribution is 5.93. The highest BCUT2D eigenvalue weighted by atomic mass is 16.5. The van der Waals surface area contributed by atoms with E-state index in [2.05, 4.69) is 10.3 Å². The lowest BCUT2D eigenvalue weighted by Crippen LogP contribution is -2.27. The Balaban J connectivity index is 0.000000557. The number of carbonyl (C=O) groups excluding carboxylic acids is 2. The van der Waals surface area contributed by atoms with Gasteiger partial charge in [-0.15, -0.1) is 0 Å². The van der Waals surface area contributed by atoms with Gasteiger partial charge in [0.2, 0.25) is 0 Å². The third-order valence-electron chi connectivity index (χ3n) is 4.61. The van der Waals surface area contributed by atoms with Crippen LogP contribution in [0.5, 0.6) is 0 Å². The zero-order valence-corrected chi connectivity index (χ0v) is 19.6. The van der Waals surface area contributed by atoms with Crippen molar-refractivity contribution in [2.75, 3.05) is 33.0 Å². The molecule has 30 heavy (non-hydrogen) atoms. The second-order valence-electron chi connectivity index (χ2n) is 7.20. The Kier molecular flexibility index (Phi) is 18.0. The molecule has 0 saturated heterocycles. The number of ether oxygens (including phenoxy) is 2. The predicted molar refractivity (Wildman–Crippen MR) is 122 cm³/mol. The molecule has 1 aliphatic rings. The number of hydrogen-bond acceptors (Lipinski definition) is 5. The van der Waals surface area contributed by atoms with E-state index in [0.29, 0.717) is 50.2 Å². The third kappa shape index (κ3) is 13.4. The summed E-state index contributed by atoms with van der Waals surface area (Å²) >= 11 is 0. The van der Waals surface area contributed by atoms with E-state index in [0.717, 1.165) is 12.8 Å². The normalized spacial score (nSPS) is 13.5. The van der Waals surface area contributed by atoms with Crippen LogP contribution in [0.1, 0.15) is 77.1 Å². The van der Waals surface area contributed by atoms with E-state index in [1.54, 1.807) is 18.3 Å². The fourth-order valence-corrected chi connectivity index (χ4v) is 3.06. The van der Waals surface area contributed by atoms with Gasteiger partial charge in [-0.1, -0.05) is 47.0 Å². The molecular formula is C24H42N2O4. The average molecular weight is 423 g/mol. The summed E-state index contributed by atoms with van der Waals surface area (Å²) in [6, 6.07) is 3.45. The minimum absolute atomic E-state index is 0.133. The summed E-state index contributed by atoms with van der Waals surface area (Å²) in [4.78, 5) is 26.9. The molecule has 1 heterocycles. The molecule has 1 aromatic rings. The van der Waals surface area contributed by atoms with Crippen molar-refractivity contribution < 1.29 is 19.1 Å². The van der Waals surface area contributed by atoms with E-state index in [1.807, 2.05) is 34.6 Å². The Morgan fingerprint density at radius 1 is 1.10 bits per heavy atom. The molecule has 1 saturated carbocycles. The first kappa shape index (κ1) is 28.2. The summed E-state index contributed by atoms with van der Waals surface area (Å²) in [5.41, 5.74) is 0.557. The summed E-state index contributed by atoms with van der Waals surface area (Å²) in [7, 11) is 0. The minimum atomic E-state index is -0.133. The molecule has 6 nitrogen and oxygen atoms in total. The molecule has 172 valence electrons. The second-order valence-corrected chi connectivity index (χ2v) is 7.20. The van der Waals surface area contributed by atoms with Crippen LogP contribution in [0.3, 0.4) is 0 Å². The maximum Gasteiger partial charge on any atom is 0.252 e. The van der Waals surface area contributed by atoms with E-state index in [9.17, 15) is 9.59 Å². The lowest BCUT2D eigenvalue weighted by molar-refractivity contribution is -0.126. The van der Waals surface area contributed by atoms with Crippen molar-refractivity contribution in [1.82, 2.24) is 10.3 Å². The van der Waals surface area contributed by atoms with Crippen LogP contribution in [0.25, 0.3) is 0 Å². The van der Waals surface area contributed by atoms with Crippen molar-refractivity contribution in [3.63, 3.8) is 0 Å². The van der Waals surface area contributed by atoms with Crippen LogP contribution < -0.4 is 5.32 Å². The van der Waals surface area contributed by atoms with Crippen LogP contribution >= 0.6 is 0 Å². The Labute approximate surface area is 183 Å². The maximum atomic E-state index is 11.5. The third-order valence-corrected chi connectivity index (χ3v) is 4.61. The molecule has 0 unspecified atom stereocenters. The van der Waals surface area contributed by atoms with E-state index in [-0.39, 0.29) is 11.8 Å². The van der Waals surface area contributed by atoms with Crippen molar-refractivity contribution in [2.24, 2.45) is 11.8 Å². The lowest BCUT2D eigenvalue weighted by Gasteiger charge is -2.21. The maximum absolute atomic E-state index is 11.5. The van der Waals surface area contributed by atoms with Gasteiger partial charge in [0.25, 0.3) is 5.91 Å². The molecular weight excluding hydrogens is 380 g/mol. The first-order valence-electron chi connectivity index (χ1n) is 11.4. The van der Waals surface area contributed by atoms with Crippen molar-refractivity contribution >= 4 is 11.7 Å². The van der Waals surface area contributed by atoms with Crippen molar-refractivity contribution in [2.45, 2.75) is 66.7 Å². The summed E-state index contributed by atoms with van der Waals surface area (Å²) in [6.07, 6.45) is 9.33. The first-order chi connectivity index (χ1) is 14.6. The molecule has 0 aromatic carbocycles. The number of aromatic nitrogens is 1. The van der Waals surface area contributed by atoms with Crippen LogP contribution in [0, 0.1) is 11.8 Å². The van der Waals surface area contributed by atoms with Gasteiger partial charge in [-0.25, -0.2) is 0 Å². The molecule has 0 bridgehead atoms. The van der Waals surface area contributed by atoms with Crippen molar-refractivity contribution in [3.8, 4) is 0 Å². The smallest absolute Gasteiger partial charge is 0.252 e. The average Bonchev–Trinajstić information content (AvgIpc) is 2.80. The standard InChI is InChI=1S/C12H18N2O3.C10H18O.C2H6/c1-2-16-8-9-17-7-6-14-12(15)11-4-3-5-13-10-11;1-8(2)10(11)9-6-4-3-5-7-9;1-2/h3-5,10H,2,6-9H2,1H3,(H,14,15);8-9H,3-7H2,1-2H3;1-2H3. The Morgan fingerprint density at radius 2 is 1.77 bits per heavy atom. The van der Waals surface area contributed by atoms with Crippen LogP contribution in [0.2, 0.25) is 0 Å². The van der Waals surface area contributed by atoms with Gasteiger partial charge in [-0.05, 0) is 31.9 Å². The van der Waals surface area contributed by atoms with Gasteiger partial charge < -0.3 is 14.8 Å². The Hall–Kier alpha value is -1.79. The molecule has 6 heteroatoms. The van der Waals surface area contributed by atoms with Gasteiger partial charge in [0.05, 0.1) is 25.4 Å². The number of nitrogens with zero attached hydrogens (tertiary/aromatic N) is 1. The van der Waals surface area contributed by atoms with E-state index in [1.165, 1.54) is 25.5 Å². The van der Waals surface area contributed by atoms with Crippen LogP contribution in [-0.2, 0) is 14.3 Å². The SMILES string of the molecule is CC.CC(C)C(=O)C1CCCCC1.CCOCCOCCNC(=O)c1cccnc1. The summed E-state index contributed by atoms with van der Waals surface area (Å²) in [6.45, 7) is 12.8. The molecule has 2 rings (SSSR count). The molecule has 1 N–H and O–H groups in total. The van der Waals surface area contributed by atoms with Gasteiger partial charge in [-0.2, -0.15) is 0 Å². The predicted octanol–water partition coefficient (Wildman–Crippen LogP) is 4.68. The molecule has 1 aliphatic carbocycles. The van der Waals surface area contributed by atoms with Gasteiger partial charge >= 0.3 is 0 Å². The molecule has 0 aliphatic heterocycles. The number of nitrogens with one attached hydrogen (secondary N) is 1. The number of carbonyl (C=O) groups is 2. The number of ketones is 1. The Bertz CT molecular complexity index is 543. The van der Waals surface area contributed by atoms with Gasteiger partial charge in [-0.3, -0.25) is 14.6 Å². The van der Waals surface area contributed by atoms with Crippen LogP contribution in [0.15, 0.2) is 24.5 Å². The minimum Gasteiger partial charge on any atom is -0.379 e. The van der Waals surface area contributed by atoms with E-state index < -0.39 is 0 Å². The second kappa shape index (κ2) is 19.2. The van der Waals surface area contributed by atoms with Crippen LogP contribution in [-0.4, -0.2) is 49.6 Å². The topological polar surface area (TPSA) is 77.5 Å². The largest absolute Gasteiger partial charge is 0.379 e. The quantitative estimate of drug-likeness (QED) is 0.554. The van der Waals surface area contributed by atoms with Gasteiger partial charge in [0.15, 0.2) is 0 Å². The van der Waals surface area contributed by atoms with Gasteiger partial charge in [0.1, 0.15) is 5.78 Å². The number of Topliss-reactive ketones (excluding diaryl/α,β-unsaturated/α-hetero) is 1. The highest BCUT2D eigenvalue weighted by Gasteiger charge is 2.22. The zero-order valence-electron chi connectivity index (χ0n) is 19.6. The number of rotatable bonds is 10. The van der Waals surface area contributed by atoms with Crippen molar-refractivity contribution in [1.29, 1.82) is 0 Å². The van der Waals surface area contributed by atoms with E-state index in [4.69, 9.17) is 9.47 Å². The Morgan fingerprint density at radius 3 is 2.33 bits per heavy atom. The zero-order chi connectivity index (χ0) is 22.6. The monoisotopic (exact) mass is 422 g/mol. The fraction of sp³-hybridized carbons (Fsp3) is 0.708. The van der Waals surface area contributed by atoms with Crippen LogP contribution in [0.4, 0.5) is 0 Å². The lowest BCUT2D eigenvalue weighted by atomic mass is 9.83. The van der Waals surface area contributed by atoms with Gasteiger partial charge in [0, 0.05) is 37.4 Å². The molecule has 1 fully saturated rings. The molecule has 0 spiro atoms. The number of pyridine rings is 1. The molecule has 0 radical (unpaired) electrons. The highest BCUT2D eigenvalue weighted by Crippen LogP contribution is 2.26. The fourth-order valence-electron chi connectivity index (χ4n) is 3.06. The summed E-state index contributed by atoms with van der Waals surface area (Å²) in [5, 5.41) is 2.75. The molecule has 1 aromatic heterocycles. The van der Waals surface area contributed by atoms with Crippen molar-refractivity contribution in [3.05, 3.63) is 30.1 Å².